The van der Waals surface area contributed by atoms with E-state index < -0.39 is 10.0 Å². The van der Waals surface area contributed by atoms with E-state index in [0.717, 1.165) is 11.1 Å². The fraction of sp³-hybridized carbons (Fsp3) is 0.545. The molecule has 0 aliphatic carbocycles. The van der Waals surface area contributed by atoms with Gasteiger partial charge in [-0.3, -0.25) is 0 Å². The molecule has 0 aromatic heterocycles. The molecule has 0 N–H and O–H groups in total. The van der Waals surface area contributed by atoms with Gasteiger partial charge in [-0.2, -0.15) is 4.31 Å². The lowest BCUT2D eigenvalue weighted by Crippen LogP contribution is -2.41. The molecule has 7 heteroatoms. The third-order valence-electron chi connectivity index (χ3n) is 6.26. The normalized spacial score (nSPS) is 26.1. The molecule has 5 nitrogen and oxygen atoms in total. The highest BCUT2D eigenvalue weighted by atomic mass is 32.2. The second-order valence-electron chi connectivity index (χ2n) is 8.93. The minimum atomic E-state index is -3.49. The van der Waals surface area contributed by atoms with Crippen LogP contribution in [-0.2, 0) is 19.3 Å². The second-order valence-corrected chi connectivity index (χ2v) is 10.9. The summed E-state index contributed by atoms with van der Waals surface area (Å²) in [5, 5.41) is 0. The van der Waals surface area contributed by atoms with Crippen LogP contribution in [0.1, 0.15) is 40.2 Å². The molecule has 1 atom stereocenters. The van der Waals surface area contributed by atoms with Crippen molar-refractivity contribution in [2.75, 3.05) is 13.1 Å². The zero-order valence-electron chi connectivity index (χ0n) is 18.3. The number of hydrogen-bond donors (Lipinski definition) is 0. The molecule has 0 bridgehead atoms. The Morgan fingerprint density at radius 3 is 2.28 bits per heavy atom. The Hall–Kier alpha value is -1.41. The summed E-state index contributed by atoms with van der Waals surface area (Å²) in [4.78, 5) is 0.348. The maximum absolute atomic E-state index is 13.0. The summed E-state index contributed by atoms with van der Waals surface area (Å²) >= 11 is 0. The Bertz CT molecular complexity index is 887. The van der Waals surface area contributed by atoms with Crippen LogP contribution in [0.15, 0.2) is 53.0 Å². The van der Waals surface area contributed by atoms with Crippen LogP contribution in [0.4, 0.5) is 0 Å². The zero-order chi connectivity index (χ0) is 21.4. The highest BCUT2D eigenvalue weighted by Crippen LogP contribution is 2.38. The molecule has 2 aliphatic heterocycles. The van der Waals surface area contributed by atoms with Crippen LogP contribution in [0.3, 0.4) is 0 Å². The minimum Gasteiger partial charge on any atom is -0.403 e. The van der Waals surface area contributed by atoms with E-state index in [4.69, 9.17) is 9.31 Å². The maximum Gasteiger partial charge on any atom is 0.461 e. The van der Waals surface area contributed by atoms with Gasteiger partial charge in [0.15, 0.2) is 0 Å². The smallest absolute Gasteiger partial charge is 0.403 e. The lowest BCUT2D eigenvalue weighted by molar-refractivity contribution is 0.00578. The Balaban J connectivity index is 1.67. The fourth-order valence-electron chi connectivity index (χ4n) is 3.67. The Morgan fingerprint density at radius 2 is 1.72 bits per heavy atom. The molecule has 2 fully saturated rings. The fourth-order valence-corrected chi connectivity index (χ4v) is 5.12. The monoisotopic (exact) mass is 417 g/mol. The van der Waals surface area contributed by atoms with E-state index in [0.29, 0.717) is 24.3 Å². The first-order valence-corrected chi connectivity index (χ1v) is 11.6. The third-order valence-corrected chi connectivity index (χ3v) is 8.09. The zero-order valence-corrected chi connectivity index (χ0v) is 19.1. The van der Waals surface area contributed by atoms with Gasteiger partial charge in [-0.05, 0) is 53.7 Å². The molecule has 0 radical (unpaired) electrons. The van der Waals surface area contributed by atoms with Crippen molar-refractivity contribution in [3.05, 3.63) is 53.6 Å². The first-order chi connectivity index (χ1) is 13.5. The first kappa shape index (κ1) is 22.3. The predicted octanol–water partition coefficient (Wildman–Crippen LogP) is 4.21. The van der Waals surface area contributed by atoms with Crippen LogP contribution < -0.4 is 0 Å². The van der Waals surface area contributed by atoms with Crippen molar-refractivity contribution >= 4 is 17.1 Å². The summed E-state index contributed by atoms with van der Waals surface area (Å²) in [6, 6.07) is 7.03. The first-order valence-electron chi connectivity index (χ1n) is 10.2. The minimum absolute atomic E-state index is 0.0719. The van der Waals surface area contributed by atoms with E-state index in [1.807, 2.05) is 59.8 Å². The molecule has 1 aromatic carbocycles. The van der Waals surface area contributed by atoms with Crippen molar-refractivity contribution in [1.82, 2.24) is 4.31 Å². The van der Waals surface area contributed by atoms with Crippen LogP contribution in [0.5, 0.6) is 0 Å². The van der Waals surface area contributed by atoms with Crippen LogP contribution in [0.2, 0.25) is 6.32 Å². The molecule has 29 heavy (non-hydrogen) atoms. The van der Waals surface area contributed by atoms with Crippen molar-refractivity contribution in [2.24, 2.45) is 5.92 Å². The van der Waals surface area contributed by atoms with Gasteiger partial charge in [0, 0.05) is 25.3 Å². The summed E-state index contributed by atoms with van der Waals surface area (Å²) in [7, 11) is -3.77. The van der Waals surface area contributed by atoms with Crippen molar-refractivity contribution in [2.45, 2.75) is 64.0 Å². The number of aryl methyl sites for hydroxylation is 1. The van der Waals surface area contributed by atoms with Crippen LogP contribution in [-0.4, -0.2) is 44.1 Å². The standard InChI is InChI=1S/C22H32BNO4S/c1-7-18-15-24(29(25,26)20-12-10-17(2)11-13-20)16-19(18)9-8-14-23-27-21(3,4)22(5,6)28-23/h7-13,19H,14-16H2,1-6H3/b9-8+,18-7+. The molecule has 1 aromatic rings. The van der Waals surface area contributed by atoms with Gasteiger partial charge in [0.05, 0.1) is 16.1 Å². The maximum atomic E-state index is 13.0. The van der Waals surface area contributed by atoms with E-state index in [1.165, 1.54) is 0 Å². The quantitative estimate of drug-likeness (QED) is 0.532. The molecule has 0 saturated carbocycles. The molecule has 2 aliphatic rings. The Kier molecular flexibility index (Phi) is 6.17. The van der Waals surface area contributed by atoms with Gasteiger partial charge < -0.3 is 9.31 Å². The molecular weight excluding hydrogens is 385 g/mol. The highest BCUT2D eigenvalue weighted by Gasteiger charge is 2.50. The van der Waals surface area contributed by atoms with Crippen molar-refractivity contribution in [3.8, 4) is 0 Å². The van der Waals surface area contributed by atoms with Crippen molar-refractivity contribution in [1.29, 1.82) is 0 Å². The van der Waals surface area contributed by atoms with Crippen LogP contribution >= 0.6 is 0 Å². The number of hydrogen-bond acceptors (Lipinski definition) is 4. The van der Waals surface area contributed by atoms with E-state index in [2.05, 4.69) is 12.2 Å². The lowest BCUT2D eigenvalue weighted by Gasteiger charge is -2.32. The summed E-state index contributed by atoms with van der Waals surface area (Å²) < 4.78 is 39.7. The Labute approximate surface area is 176 Å². The Morgan fingerprint density at radius 1 is 1.14 bits per heavy atom. The summed E-state index contributed by atoms with van der Waals surface area (Å²) in [5.41, 5.74) is 1.48. The van der Waals surface area contributed by atoms with Crippen molar-refractivity contribution in [3.63, 3.8) is 0 Å². The van der Waals surface area contributed by atoms with E-state index in [1.54, 1.807) is 16.4 Å². The van der Waals surface area contributed by atoms with Gasteiger partial charge in [-0.25, -0.2) is 8.42 Å². The van der Waals surface area contributed by atoms with Crippen molar-refractivity contribution < 1.29 is 17.7 Å². The molecule has 0 spiro atoms. The number of sulfonamides is 1. The molecule has 0 amide bonds. The molecule has 1 unspecified atom stereocenters. The third kappa shape index (κ3) is 4.53. The molecule has 3 rings (SSSR count). The SMILES string of the molecule is C/C=C1\CN(S(=O)(=O)c2ccc(C)cc2)CC1/C=C/CB1OC(C)(C)C(C)(C)O1. The van der Waals surface area contributed by atoms with Crippen LogP contribution in [0, 0.1) is 12.8 Å². The summed E-state index contributed by atoms with van der Waals surface area (Å²) in [5.74, 6) is 0.0719. The van der Waals surface area contributed by atoms with Gasteiger partial charge in [0.2, 0.25) is 10.0 Å². The molecule has 2 saturated heterocycles. The average Bonchev–Trinajstić information content (AvgIpc) is 3.13. The second kappa shape index (κ2) is 8.02. The number of nitrogens with zero attached hydrogens (tertiary/aromatic N) is 1. The molecule has 158 valence electrons. The largest absolute Gasteiger partial charge is 0.461 e. The molecule has 2 heterocycles. The lowest BCUT2D eigenvalue weighted by atomic mass is 9.84. The number of benzene rings is 1. The van der Waals surface area contributed by atoms with E-state index in [9.17, 15) is 8.42 Å². The van der Waals surface area contributed by atoms with Gasteiger partial charge in [0.25, 0.3) is 0 Å². The van der Waals surface area contributed by atoms with E-state index >= 15 is 0 Å². The molecular formula is C22H32BNO4S. The van der Waals surface area contributed by atoms with Gasteiger partial charge in [0.1, 0.15) is 0 Å². The van der Waals surface area contributed by atoms with Crippen LogP contribution in [0.25, 0.3) is 0 Å². The summed E-state index contributed by atoms with van der Waals surface area (Å²) in [6.45, 7) is 13.0. The summed E-state index contributed by atoms with van der Waals surface area (Å²) in [6.07, 6.45) is 6.81. The van der Waals surface area contributed by atoms with Gasteiger partial charge >= 0.3 is 7.12 Å². The highest BCUT2D eigenvalue weighted by molar-refractivity contribution is 7.89. The number of rotatable bonds is 5. The predicted molar refractivity (Wildman–Crippen MR) is 117 cm³/mol. The number of allylic oxidation sites excluding steroid dienone is 2. The van der Waals surface area contributed by atoms with E-state index in [-0.39, 0.29) is 24.2 Å². The van der Waals surface area contributed by atoms with Gasteiger partial charge in [-0.1, -0.05) is 41.5 Å². The topological polar surface area (TPSA) is 55.8 Å². The van der Waals surface area contributed by atoms with Gasteiger partial charge in [-0.15, -0.1) is 0 Å². The average molecular weight is 417 g/mol.